The van der Waals surface area contributed by atoms with Crippen molar-refractivity contribution in [2.24, 2.45) is 5.73 Å². The fourth-order valence-electron chi connectivity index (χ4n) is 2.58. The SMILES string of the molecule is Cc1ccccc1CN(C)C(CC(=N)N)c1ccccc1. The zero-order valence-corrected chi connectivity index (χ0v) is 12.7. The van der Waals surface area contributed by atoms with Gasteiger partial charge in [-0.2, -0.15) is 0 Å². The molecule has 0 spiro atoms. The highest BCUT2D eigenvalue weighted by atomic mass is 15.1. The Morgan fingerprint density at radius 1 is 1.10 bits per heavy atom. The molecule has 0 aliphatic heterocycles. The predicted molar refractivity (Wildman–Crippen MR) is 88.4 cm³/mol. The van der Waals surface area contributed by atoms with Crippen LogP contribution in [0.4, 0.5) is 0 Å². The summed E-state index contributed by atoms with van der Waals surface area (Å²) in [5, 5.41) is 7.64. The Morgan fingerprint density at radius 2 is 1.71 bits per heavy atom. The van der Waals surface area contributed by atoms with Crippen LogP contribution in [0.5, 0.6) is 0 Å². The lowest BCUT2D eigenvalue weighted by Gasteiger charge is -2.29. The fourth-order valence-corrected chi connectivity index (χ4v) is 2.58. The molecule has 0 radical (unpaired) electrons. The molecular formula is C18H23N3. The van der Waals surface area contributed by atoms with Crippen LogP contribution in [0.2, 0.25) is 0 Å². The molecule has 3 nitrogen and oxygen atoms in total. The monoisotopic (exact) mass is 281 g/mol. The minimum atomic E-state index is 0.128. The molecule has 2 aromatic carbocycles. The molecule has 0 saturated carbocycles. The molecule has 0 fully saturated rings. The van der Waals surface area contributed by atoms with Crippen molar-refractivity contribution in [3.05, 3.63) is 71.3 Å². The lowest BCUT2D eigenvalue weighted by Crippen LogP contribution is -2.28. The van der Waals surface area contributed by atoms with Gasteiger partial charge in [0.25, 0.3) is 0 Å². The number of rotatable bonds is 6. The molecule has 0 heterocycles. The van der Waals surface area contributed by atoms with E-state index in [1.165, 1.54) is 16.7 Å². The molecular weight excluding hydrogens is 258 g/mol. The topological polar surface area (TPSA) is 53.1 Å². The highest BCUT2D eigenvalue weighted by Gasteiger charge is 2.18. The molecule has 0 saturated heterocycles. The normalized spacial score (nSPS) is 12.3. The van der Waals surface area contributed by atoms with Crippen molar-refractivity contribution in [1.82, 2.24) is 4.90 Å². The van der Waals surface area contributed by atoms with E-state index in [9.17, 15) is 0 Å². The van der Waals surface area contributed by atoms with Crippen molar-refractivity contribution in [2.75, 3.05) is 7.05 Å². The maximum Gasteiger partial charge on any atom is 0.0924 e. The lowest BCUT2D eigenvalue weighted by molar-refractivity contribution is 0.241. The molecule has 0 aliphatic rings. The Hall–Kier alpha value is -2.13. The Balaban J connectivity index is 2.20. The second kappa shape index (κ2) is 7.04. The molecule has 1 atom stereocenters. The van der Waals surface area contributed by atoms with Crippen LogP contribution in [0.15, 0.2) is 54.6 Å². The van der Waals surface area contributed by atoms with Crippen LogP contribution < -0.4 is 5.73 Å². The molecule has 0 bridgehead atoms. The van der Waals surface area contributed by atoms with Gasteiger partial charge in [-0.1, -0.05) is 54.6 Å². The Bertz CT molecular complexity index is 592. The molecule has 1 unspecified atom stereocenters. The van der Waals surface area contributed by atoms with Gasteiger partial charge < -0.3 is 5.73 Å². The highest BCUT2D eigenvalue weighted by molar-refractivity contribution is 5.77. The van der Waals surface area contributed by atoms with Crippen molar-refractivity contribution >= 4 is 5.84 Å². The molecule has 0 aromatic heterocycles. The summed E-state index contributed by atoms with van der Waals surface area (Å²) in [6, 6.07) is 18.8. The van der Waals surface area contributed by atoms with Gasteiger partial charge in [-0.15, -0.1) is 0 Å². The van der Waals surface area contributed by atoms with E-state index < -0.39 is 0 Å². The van der Waals surface area contributed by atoms with Gasteiger partial charge in [0.2, 0.25) is 0 Å². The number of hydrogen-bond acceptors (Lipinski definition) is 2. The van der Waals surface area contributed by atoms with Gasteiger partial charge in [0.15, 0.2) is 0 Å². The van der Waals surface area contributed by atoms with Crippen LogP contribution in [-0.2, 0) is 6.54 Å². The van der Waals surface area contributed by atoms with Gasteiger partial charge in [0.05, 0.1) is 5.84 Å². The van der Waals surface area contributed by atoms with E-state index in [0.717, 1.165) is 6.54 Å². The zero-order valence-electron chi connectivity index (χ0n) is 12.7. The summed E-state index contributed by atoms with van der Waals surface area (Å²) in [5.41, 5.74) is 9.45. The summed E-state index contributed by atoms with van der Waals surface area (Å²) in [6.45, 7) is 2.98. The third-order valence-corrected chi connectivity index (χ3v) is 3.81. The van der Waals surface area contributed by atoms with Crippen molar-refractivity contribution in [3.8, 4) is 0 Å². The first kappa shape index (κ1) is 15.3. The maximum absolute atomic E-state index is 7.64. The molecule has 0 amide bonds. The molecule has 21 heavy (non-hydrogen) atoms. The van der Waals surface area contributed by atoms with E-state index in [1.54, 1.807) is 0 Å². The quantitative estimate of drug-likeness (QED) is 0.629. The summed E-state index contributed by atoms with van der Waals surface area (Å²) in [6.07, 6.45) is 0.548. The number of nitrogens with zero attached hydrogens (tertiary/aromatic N) is 1. The number of nitrogens with one attached hydrogen (secondary N) is 1. The average Bonchev–Trinajstić information content (AvgIpc) is 2.48. The summed E-state index contributed by atoms with van der Waals surface area (Å²) < 4.78 is 0. The van der Waals surface area contributed by atoms with Gasteiger partial charge in [0, 0.05) is 19.0 Å². The van der Waals surface area contributed by atoms with Gasteiger partial charge in [-0.05, 0) is 30.7 Å². The smallest absolute Gasteiger partial charge is 0.0924 e. The van der Waals surface area contributed by atoms with Crippen LogP contribution in [0.25, 0.3) is 0 Å². The first-order valence-corrected chi connectivity index (χ1v) is 7.20. The van der Waals surface area contributed by atoms with Crippen LogP contribution in [0, 0.1) is 12.3 Å². The maximum atomic E-state index is 7.64. The molecule has 0 aliphatic carbocycles. The summed E-state index contributed by atoms with van der Waals surface area (Å²) in [4.78, 5) is 2.26. The molecule has 2 rings (SSSR count). The molecule has 110 valence electrons. The second-order valence-electron chi connectivity index (χ2n) is 5.50. The minimum Gasteiger partial charge on any atom is -0.388 e. The van der Waals surface area contributed by atoms with Crippen molar-refractivity contribution in [2.45, 2.75) is 25.9 Å². The third-order valence-electron chi connectivity index (χ3n) is 3.81. The Kier molecular flexibility index (Phi) is 5.12. The van der Waals surface area contributed by atoms with Crippen molar-refractivity contribution in [3.63, 3.8) is 0 Å². The van der Waals surface area contributed by atoms with E-state index in [2.05, 4.69) is 55.3 Å². The number of benzene rings is 2. The van der Waals surface area contributed by atoms with E-state index in [-0.39, 0.29) is 11.9 Å². The van der Waals surface area contributed by atoms with Crippen molar-refractivity contribution < 1.29 is 0 Å². The van der Waals surface area contributed by atoms with Crippen LogP contribution in [0.1, 0.15) is 29.2 Å². The summed E-state index contributed by atoms with van der Waals surface area (Å²) in [7, 11) is 2.09. The highest BCUT2D eigenvalue weighted by Crippen LogP contribution is 2.25. The van der Waals surface area contributed by atoms with Crippen LogP contribution in [-0.4, -0.2) is 17.8 Å². The van der Waals surface area contributed by atoms with Gasteiger partial charge in [-0.25, -0.2) is 0 Å². The van der Waals surface area contributed by atoms with Crippen LogP contribution in [0.3, 0.4) is 0 Å². The van der Waals surface area contributed by atoms with E-state index >= 15 is 0 Å². The minimum absolute atomic E-state index is 0.128. The fraction of sp³-hybridized carbons (Fsp3) is 0.278. The van der Waals surface area contributed by atoms with E-state index in [4.69, 9.17) is 11.1 Å². The Morgan fingerprint density at radius 3 is 2.33 bits per heavy atom. The zero-order chi connectivity index (χ0) is 15.2. The number of aryl methyl sites for hydroxylation is 1. The molecule has 2 aromatic rings. The first-order chi connectivity index (χ1) is 10.1. The second-order valence-corrected chi connectivity index (χ2v) is 5.50. The standard InChI is InChI=1S/C18H23N3/c1-14-8-6-7-11-16(14)13-21(2)17(12-18(19)20)15-9-4-3-5-10-15/h3-11,17H,12-13H2,1-2H3,(H3,19,20). The number of nitrogens with two attached hydrogens (primary N) is 1. The lowest BCUT2D eigenvalue weighted by atomic mass is 10.0. The van der Waals surface area contributed by atoms with Crippen molar-refractivity contribution in [1.29, 1.82) is 5.41 Å². The van der Waals surface area contributed by atoms with Gasteiger partial charge in [-0.3, -0.25) is 10.3 Å². The third kappa shape index (κ3) is 4.17. The van der Waals surface area contributed by atoms with Gasteiger partial charge in [0.1, 0.15) is 0 Å². The largest absolute Gasteiger partial charge is 0.388 e. The number of hydrogen-bond donors (Lipinski definition) is 2. The average molecular weight is 281 g/mol. The molecule has 3 heteroatoms. The first-order valence-electron chi connectivity index (χ1n) is 7.20. The van der Waals surface area contributed by atoms with Crippen LogP contribution >= 0.6 is 0 Å². The molecule has 3 N–H and O–H groups in total. The van der Waals surface area contributed by atoms with E-state index in [1.807, 2.05) is 18.2 Å². The van der Waals surface area contributed by atoms with Gasteiger partial charge >= 0.3 is 0 Å². The summed E-state index contributed by atoms with van der Waals surface area (Å²) in [5.74, 6) is 0.223. The number of amidine groups is 1. The summed E-state index contributed by atoms with van der Waals surface area (Å²) >= 11 is 0. The predicted octanol–water partition coefficient (Wildman–Crippen LogP) is 3.49. The van der Waals surface area contributed by atoms with E-state index in [0.29, 0.717) is 6.42 Å². The Labute approximate surface area is 126 Å².